The van der Waals surface area contributed by atoms with Crippen molar-refractivity contribution >= 4 is 23.8 Å². The average molecular weight is 518 g/mol. The van der Waals surface area contributed by atoms with Crippen molar-refractivity contribution in [1.29, 1.82) is 0 Å². The van der Waals surface area contributed by atoms with Crippen LogP contribution in [-0.4, -0.2) is 89.5 Å². The van der Waals surface area contributed by atoms with Crippen LogP contribution in [0.25, 0.3) is 0 Å². The smallest absolute Gasteiger partial charge is 0.342 e. The number of carbonyl (C=O) groups is 4. The summed E-state index contributed by atoms with van der Waals surface area (Å²) in [6, 6.07) is -0.981. The highest BCUT2D eigenvalue weighted by Crippen LogP contribution is 2.23. The minimum atomic E-state index is -1.37. The molecule has 36 heavy (non-hydrogen) atoms. The minimum Gasteiger partial charge on any atom is -0.394 e. The van der Waals surface area contributed by atoms with Crippen LogP contribution in [0.1, 0.15) is 67.6 Å². The Hall–Kier alpha value is -2.38. The van der Waals surface area contributed by atoms with Gasteiger partial charge in [-0.3, -0.25) is 9.59 Å². The monoisotopic (exact) mass is 517 g/mol. The summed E-state index contributed by atoms with van der Waals surface area (Å²) in [5.41, 5.74) is 0.471. The molecule has 5 N–H and O–H groups in total. The lowest BCUT2D eigenvalue weighted by atomic mass is 9.97. The average Bonchev–Trinajstić information content (AvgIpc) is 3.11. The second kappa shape index (κ2) is 16.4. The number of rotatable bonds is 12. The summed E-state index contributed by atoms with van der Waals surface area (Å²) < 4.78 is 22.0. The zero-order chi connectivity index (χ0) is 28.0. The largest absolute Gasteiger partial charge is 0.394 e. The van der Waals surface area contributed by atoms with E-state index in [-0.39, 0.29) is 36.5 Å². The summed E-state index contributed by atoms with van der Waals surface area (Å²) in [5.74, 6) is -2.03. The third-order valence-electron chi connectivity index (χ3n) is 5.47. The van der Waals surface area contributed by atoms with Gasteiger partial charge in [0, 0.05) is 39.0 Å². The van der Waals surface area contributed by atoms with Crippen LogP contribution in [0.3, 0.4) is 0 Å². The first-order valence-electron chi connectivity index (χ1n) is 12.8. The lowest BCUT2D eigenvalue weighted by Crippen LogP contribution is -2.64. The molecule has 0 spiro atoms. The van der Waals surface area contributed by atoms with E-state index in [4.69, 9.17) is 10.8 Å². The molecule has 0 bridgehead atoms. The van der Waals surface area contributed by atoms with Gasteiger partial charge >= 0.3 is 11.9 Å². The Bertz CT molecular complexity index is 804. The standard InChI is InChI=1S/C21H32N2O10.C3H8/c1-11-13(20(30)33-19(11)29)6-7-15(26)22-8-4-3-5-9-31-21-16(23-12(2)25)18(28)17(27)14(10-24)32-21;1-3-2/h14,16-18,21,24,27-28H,3-10H2,1-2H3,(H,22,26)(H,23,25);3H2,1-2H3/t14-,16-,17+,18-,21-;/m0./s1/i;1D. The molecule has 2 amide bonds. The van der Waals surface area contributed by atoms with Crippen LogP contribution in [0.5, 0.6) is 0 Å². The van der Waals surface area contributed by atoms with Crippen molar-refractivity contribution in [2.45, 2.75) is 96.8 Å². The molecule has 0 aromatic carbocycles. The van der Waals surface area contributed by atoms with Gasteiger partial charge in [0.25, 0.3) is 0 Å². The number of esters is 2. The molecule has 0 aromatic rings. The summed E-state index contributed by atoms with van der Waals surface area (Å²) in [4.78, 5) is 46.1. The Balaban J connectivity index is 0.00000159. The van der Waals surface area contributed by atoms with Gasteiger partial charge in [0.1, 0.15) is 24.4 Å². The number of aliphatic hydroxyl groups is 3. The number of carbonyl (C=O) groups excluding carboxylic acids is 4. The van der Waals surface area contributed by atoms with Gasteiger partial charge < -0.3 is 40.2 Å². The van der Waals surface area contributed by atoms with Gasteiger partial charge in [-0.25, -0.2) is 9.59 Å². The fourth-order valence-corrected chi connectivity index (χ4v) is 3.56. The zero-order valence-electron chi connectivity index (χ0n) is 22.2. The number of aliphatic hydroxyl groups excluding tert-OH is 3. The Morgan fingerprint density at radius 3 is 2.39 bits per heavy atom. The van der Waals surface area contributed by atoms with Gasteiger partial charge in [-0.2, -0.15) is 0 Å². The van der Waals surface area contributed by atoms with E-state index in [0.717, 1.165) is 6.42 Å². The molecular weight excluding hydrogens is 476 g/mol. The molecule has 12 heteroatoms. The third kappa shape index (κ3) is 9.94. The molecule has 206 valence electrons. The molecule has 1 fully saturated rings. The topological polar surface area (TPSA) is 181 Å². The number of hydrogen-bond donors (Lipinski definition) is 5. The molecule has 1 saturated heterocycles. The molecule has 2 rings (SSSR count). The van der Waals surface area contributed by atoms with E-state index in [1.165, 1.54) is 13.8 Å². The number of unbranched alkanes of at least 4 members (excludes halogenated alkanes) is 2. The summed E-state index contributed by atoms with van der Waals surface area (Å²) >= 11 is 0. The van der Waals surface area contributed by atoms with Crippen LogP contribution in [-0.2, 0) is 33.4 Å². The van der Waals surface area contributed by atoms with E-state index in [2.05, 4.69) is 15.4 Å². The summed E-state index contributed by atoms with van der Waals surface area (Å²) in [5, 5.41) is 34.7. The number of cyclic esters (lactones) is 2. The van der Waals surface area contributed by atoms with Gasteiger partial charge in [0.05, 0.1) is 6.61 Å². The quantitative estimate of drug-likeness (QED) is 0.132. The summed E-state index contributed by atoms with van der Waals surface area (Å²) in [7, 11) is 0. The SMILES string of the molecule is CC(=O)N[C@@H]1[C@@H](OCCCCCNC(=O)CCC2=C(C)C(=O)OC2=O)O[C@@H](CO)[C@@H](O)[C@H]1O.[2H]CCC. The van der Waals surface area contributed by atoms with E-state index in [9.17, 15) is 34.5 Å². The molecule has 12 nitrogen and oxygen atoms in total. The van der Waals surface area contributed by atoms with Crippen molar-refractivity contribution in [3.8, 4) is 0 Å². The van der Waals surface area contributed by atoms with Crippen LogP contribution in [0.15, 0.2) is 11.1 Å². The number of nitrogens with one attached hydrogen (secondary N) is 2. The van der Waals surface area contributed by atoms with Gasteiger partial charge in [0.15, 0.2) is 6.29 Å². The van der Waals surface area contributed by atoms with Gasteiger partial charge in [0.2, 0.25) is 11.8 Å². The van der Waals surface area contributed by atoms with Crippen molar-refractivity contribution < 1.29 is 50.1 Å². The predicted octanol–water partition coefficient (Wildman–Crippen LogP) is -0.170. The molecule has 0 aliphatic carbocycles. The fourth-order valence-electron chi connectivity index (χ4n) is 3.56. The molecule has 2 aliphatic heterocycles. The lowest BCUT2D eigenvalue weighted by molar-refractivity contribution is -0.270. The van der Waals surface area contributed by atoms with Crippen molar-refractivity contribution in [2.75, 3.05) is 19.8 Å². The van der Waals surface area contributed by atoms with Crippen molar-refractivity contribution in [1.82, 2.24) is 10.6 Å². The summed E-state index contributed by atoms with van der Waals surface area (Å²) in [6.45, 7) is 5.46. The zero-order valence-corrected chi connectivity index (χ0v) is 21.2. The number of ether oxygens (including phenoxy) is 3. The maximum Gasteiger partial charge on any atom is 0.342 e. The Kier molecular flexibility index (Phi) is 13.6. The first-order chi connectivity index (χ1) is 17.6. The number of hydrogen-bond acceptors (Lipinski definition) is 10. The molecular formula is C24H40N2O10. The Morgan fingerprint density at radius 2 is 1.83 bits per heavy atom. The van der Waals surface area contributed by atoms with Crippen LogP contribution < -0.4 is 10.6 Å². The Morgan fingerprint density at radius 1 is 1.14 bits per heavy atom. The second-order valence-corrected chi connectivity index (χ2v) is 8.49. The molecule has 5 atom stereocenters. The van der Waals surface area contributed by atoms with Crippen LogP contribution in [0.2, 0.25) is 0 Å². The molecule has 0 saturated carbocycles. The van der Waals surface area contributed by atoms with E-state index >= 15 is 0 Å². The van der Waals surface area contributed by atoms with Crippen molar-refractivity contribution in [3.05, 3.63) is 11.1 Å². The van der Waals surface area contributed by atoms with Crippen molar-refractivity contribution in [2.24, 2.45) is 0 Å². The maximum atomic E-state index is 11.9. The van der Waals surface area contributed by atoms with Gasteiger partial charge in [-0.15, -0.1) is 0 Å². The first-order valence-corrected chi connectivity index (χ1v) is 12.1. The molecule has 0 aromatic heterocycles. The van der Waals surface area contributed by atoms with E-state index in [0.29, 0.717) is 32.7 Å². The molecule has 0 radical (unpaired) electrons. The highest BCUT2D eigenvalue weighted by atomic mass is 16.7. The highest BCUT2D eigenvalue weighted by molar-refractivity contribution is 6.12. The normalized spacial score (nSPS) is 26.1. The van der Waals surface area contributed by atoms with E-state index in [1.54, 1.807) is 0 Å². The Labute approximate surface area is 212 Å². The minimum absolute atomic E-state index is 0.0714. The third-order valence-corrected chi connectivity index (χ3v) is 5.47. The maximum absolute atomic E-state index is 11.9. The van der Waals surface area contributed by atoms with Crippen molar-refractivity contribution in [3.63, 3.8) is 0 Å². The fraction of sp³-hybridized carbons (Fsp3) is 0.750. The molecule has 0 unspecified atom stereocenters. The molecule has 2 aliphatic rings. The van der Waals surface area contributed by atoms with Gasteiger partial charge in [-0.05, 0) is 32.6 Å². The van der Waals surface area contributed by atoms with E-state index in [1.807, 2.05) is 6.92 Å². The van der Waals surface area contributed by atoms with Crippen LogP contribution in [0, 0.1) is 0 Å². The van der Waals surface area contributed by atoms with Crippen LogP contribution in [0.4, 0.5) is 0 Å². The summed E-state index contributed by atoms with van der Waals surface area (Å²) in [6.07, 6.45) is -1.62. The first kappa shape index (κ1) is 29.8. The molecule has 2 heterocycles. The number of amides is 2. The lowest BCUT2D eigenvalue weighted by Gasteiger charge is -2.42. The highest BCUT2D eigenvalue weighted by Gasteiger charge is 2.45. The van der Waals surface area contributed by atoms with Crippen LogP contribution >= 0.6 is 0 Å². The second-order valence-electron chi connectivity index (χ2n) is 8.49. The van der Waals surface area contributed by atoms with E-state index < -0.39 is 55.1 Å². The predicted molar refractivity (Wildman–Crippen MR) is 127 cm³/mol. The van der Waals surface area contributed by atoms with Gasteiger partial charge in [-0.1, -0.05) is 20.2 Å².